The fraction of sp³-hybridized carbons (Fsp3) is 0.0476. The quantitative estimate of drug-likeness (QED) is 0.416. The van der Waals surface area contributed by atoms with E-state index in [1.165, 1.54) is 23.5 Å². The summed E-state index contributed by atoms with van der Waals surface area (Å²) < 4.78 is 40.2. The van der Waals surface area contributed by atoms with Crippen molar-refractivity contribution in [3.63, 3.8) is 0 Å². The average molecular weight is 431 g/mol. The van der Waals surface area contributed by atoms with Crippen LogP contribution in [0.4, 0.5) is 18.2 Å². The van der Waals surface area contributed by atoms with Crippen LogP contribution in [0.5, 0.6) is 0 Å². The van der Waals surface area contributed by atoms with Crippen LogP contribution >= 0.6 is 22.7 Å². The summed E-state index contributed by atoms with van der Waals surface area (Å²) in [6.07, 6.45) is -4.54. The Morgan fingerprint density at radius 3 is 2.48 bits per heavy atom. The van der Waals surface area contributed by atoms with Crippen LogP contribution in [0.3, 0.4) is 0 Å². The van der Waals surface area contributed by atoms with Crippen molar-refractivity contribution in [3.8, 4) is 11.1 Å². The monoisotopic (exact) mass is 431 g/mol. The second kappa shape index (κ2) is 7.46. The number of anilines is 1. The van der Waals surface area contributed by atoms with Crippen LogP contribution in [0.1, 0.15) is 15.2 Å². The number of thiophene rings is 1. The summed E-state index contributed by atoms with van der Waals surface area (Å²) in [6.45, 7) is 0. The van der Waals surface area contributed by atoms with Crippen molar-refractivity contribution in [2.45, 2.75) is 6.18 Å². The predicted molar refractivity (Wildman–Crippen MR) is 111 cm³/mol. The van der Waals surface area contributed by atoms with E-state index in [1.54, 1.807) is 41.8 Å². The number of nitrogens with one attached hydrogen (secondary N) is 1. The first-order valence-electron chi connectivity index (χ1n) is 8.43. The lowest BCUT2D eigenvalue weighted by Gasteiger charge is -2.13. The fourth-order valence-electron chi connectivity index (χ4n) is 2.92. The van der Waals surface area contributed by atoms with Crippen LogP contribution in [0.25, 0.3) is 21.2 Å². The molecule has 0 unspecified atom stereocenters. The molecule has 2 aromatic carbocycles. The van der Waals surface area contributed by atoms with Gasteiger partial charge >= 0.3 is 6.18 Å². The Hall–Kier alpha value is -2.97. The van der Waals surface area contributed by atoms with Crippen molar-refractivity contribution >= 4 is 43.7 Å². The molecule has 4 rings (SSSR count). The Labute approximate surface area is 171 Å². The lowest BCUT2D eigenvalue weighted by atomic mass is 10.0. The molecule has 0 spiro atoms. The number of hydrogen-bond acceptors (Lipinski definition) is 4. The number of hydrogen-bond donors (Lipinski definition) is 1. The predicted octanol–water partition coefficient (Wildman–Crippen LogP) is 6.26. The highest BCUT2D eigenvalue weighted by Gasteiger charge is 2.31. The number of carbonyl (C=O) groups excluding carboxylic acids is 1. The first kappa shape index (κ1) is 19.4. The molecule has 29 heavy (non-hydrogen) atoms. The molecule has 0 saturated heterocycles. The number of fused-ring (bicyclic) bond motifs is 1. The fourth-order valence-corrected chi connectivity index (χ4v) is 4.63. The summed E-state index contributed by atoms with van der Waals surface area (Å²) in [5.74, 6) is -0.417. The molecule has 0 aliphatic rings. The molecule has 1 N–H and O–H groups in total. The van der Waals surface area contributed by atoms with Gasteiger partial charge in [-0.1, -0.05) is 30.3 Å². The summed E-state index contributed by atoms with van der Waals surface area (Å²) >= 11 is 2.38. The molecular weight excluding hydrogens is 419 g/mol. The maximum atomic E-state index is 13.2. The maximum absolute atomic E-state index is 13.2. The molecule has 3 nitrogen and oxygen atoms in total. The van der Waals surface area contributed by atoms with Gasteiger partial charge in [-0.15, -0.1) is 22.7 Å². The molecule has 8 heteroatoms. The molecule has 0 bridgehead atoms. The van der Waals surface area contributed by atoms with Crippen molar-refractivity contribution in [1.29, 1.82) is 0 Å². The number of amides is 1. The van der Waals surface area contributed by atoms with E-state index in [1.807, 2.05) is 0 Å². The zero-order valence-corrected chi connectivity index (χ0v) is 16.3. The molecule has 4 aromatic rings. The second-order valence-electron chi connectivity index (χ2n) is 6.14. The normalized spacial score (nSPS) is 11.6. The summed E-state index contributed by atoms with van der Waals surface area (Å²) in [4.78, 5) is 26.1. The summed E-state index contributed by atoms with van der Waals surface area (Å²) in [5.41, 5.74) is -1.14. The molecule has 0 aliphatic carbocycles. The van der Waals surface area contributed by atoms with Crippen molar-refractivity contribution in [2.75, 3.05) is 5.32 Å². The molecule has 146 valence electrons. The van der Waals surface area contributed by atoms with Gasteiger partial charge in [0.15, 0.2) is 5.43 Å². The van der Waals surface area contributed by atoms with Gasteiger partial charge in [-0.3, -0.25) is 9.59 Å². The standard InChI is InChI=1S/C21H12F3NO2S2/c22-21(23,24)13-6-3-5-12(11-13)17-18(26)14-7-1-2-8-15(14)29-20(17)25-19(27)16-9-4-10-28-16/h1-11H,(H,25,27). The number of benzene rings is 2. The van der Waals surface area contributed by atoms with E-state index in [-0.39, 0.29) is 16.1 Å². The summed E-state index contributed by atoms with van der Waals surface area (Å²) in [6, 6.07) is 14.7. The topological polar surface area (TPSA) is 46.2 Å². The van der Waals surface area contributed by atoms with Gasteiger partial charge in [-0.05, 0) is 41.3 Å². The first-order chi connectivity index (χ1) is 13.8. The smallest absolute Gasteiger partial charge is 0.312 e. The third kappa shape index (κ3) is 3.81. The third-order valence-electron chi connectivity index (χ3n) is 4.25. The largest absolute Gasteiger partial charge is 0.416 e. The van der Waals surface area contributed by atoms with Crippen LogP contribution in [-0.4, -0.2) is 5.91 Å². The average Bonchev–Trinajstić information content (AvgIpc) is 3.23. The van der Waals surface area contributed by atoms with Gasteiger partial charge in [0.05, 0.1) is 16.0 Å². The molecule has 0 saturated carbocycles. The lowest BCUT2D eigenvalue weighted by Crippen LogP contribution is -2.15. The van der Waals surface area contributed by atoms with Crippen LogP contribution in [-0.2, 0) is 6.18 Å². The van der Waals surface area contributed by atoms with Crippen LogP contribution in [0, 0.1) is 0 Å². The highest BCUT2D eigenvalue weighted by Crippen LogP contribution is 2.37. The second-order valence-corrected chi connectivity index (χ2v) is 8.14. The molecule has 0 aliphatic heterocycles. The molecule has 2 aromatic heterocycles. The van der Waals surface area contributed by atoms with Crippen LogP contribution in [0.2, 0.25) is 0 Å². The van der Waals surface area contributed by atoms with E-state index in [2.05, 4.69) is 5.32 Å². The Kier molecular flexibility index (Phi) is 4.97. The SMILES string of the molecule is O=C(Nc1sc2ccccc2c(=O)c1-c1cccc(C(F)(F)F)c1)c1cccs1. The van der Waals surface area contributed by atoms with E-state index >= 15 is 0 Å². The van der Waals surface area contributed by atoms with E-state index in [4.69, 9.17) is 0 Å². The minimum atomic E-state index is -4.54. The van der Waals surface area contributed by atoms with Gasteiger partial charge in [0, 0.05) is 10.1 Å². The number of halogens is 3. The molecule has 2 heterocycles. The highest BCUT2D eigenvalue weighted by atomic mass is 32.1. The van der Waals surface area contributed by atoms with Crippen molar-refractivity contribution in [2.24, 2.45) is 0 Å². The van der Waals surface area contributed by atoms with Crippen molar-refractivity contribution < 1.29 is 18.0 Å². The number of carbonyl (C=O) groups is 1. The Bertz CT molecular complexity index is 1260. The molecule has 0 fully saturated rings. The Morgan fingerprint density at radius 1 is 0.966 bits per heavy atom. The zero-order chi connectivity index (χ0) is 20.6. The van der Waals surface area contributed by atoms with Crippen LogP contribution < -0.4 is 10.7 Å². The van der Waals surface area contributed by atoms with E-state index in [0.717, 1.165) is 23.5 Å². The van der Waals surface area contributed by atoms with Gasteiger partial charge in [0.25, 0.3) is 5.91 Å². The van der Waals surface area contributed by atoms with Gasteiger partial charge < -0.3 is 5.32 Å². The van der Waals surface area contributed by atoms with Crippen molar-refractivity contribution in [1.82, 2.24) is 0 Å². The summed E-state index contributed by atoms with van der Waals surface area (Å²) in [5, 5.41) is 5.06. The molecular formula is C21H12F3NO2S2. The number of rotatable bonds is 3. The summed E-state index contributed by atoms with van der Waals surface area (Å²) in [7, 11) is 0. The van der Waals surface area contributed by atoms with Gasteiger partial charge in [0.1, 0.15) is 5.00 Å². The van der Waals surface area contributed by atoms with Gasteiger partial charge in [-0.25, -0.2) is 0 Å². The van der Waals surface area contributed by atoms with Crippen LogP contribution in [0.15, 0.2) is 70.8 Å². The van der Waals surface area contributed by atoms with Gasteiger partial charge in [0.2, 0.25) is 0 Å². The van der Waals surface area contributed by atoms with Crippen molar-refractivity contribution in [3.05, 3.63) is 86.7 Å². The highest BCUT2D eigenvalue weighted by molar-refractivity contribution is 7.22. The van der Waals surface area contributed by atoms with E-state index < -0.39 is 23.1 Å². The zero-order valence-electron chi connectivity index (χ0n) is 14.6. The number of alkyl halides is 3. The first-order valence-corrected chi connectivity index (χ1v) is 10.1. The Balaban J connectivity index is 1.93. The molecule has 0 atom stereocenters. The van der Waals surface area contributed by atoms with Gasteiger partial charge in [-0.2, -0.15) is 13.2 Å². The van der Waals surface area contributed by atoms with E-state index in [9.17, 15) is 22.8 Å². The third-order valence-corrected chi connectivity index (χ3v) is 6.20. The Morgan fingerprint density at radius 2 is 1.76 bits per heavy atom. The minimum Gasteiger partial charge on any atom is -0.312 e. The lowest BCUT2D eigenvalue weighted by molar-refractivity contribution is -0.137. The van der Waals surface area contributed by atoms with E-state index in [0.29, 0.717) is 15.0 Å². The minimum absolute atomic E-state index is 0.0460. The molecule has 1 amide bonds. The molecule has 0 radical (unpaired) electrons. The maximum Gasteiger partial charge on any atom is 0.416 e.